The Kier molecular flexibility index (Phi) is 5.70. The molecule has 120 valence electrons. The minimum absolute atomic E-state index is 0.125. The first-order valence-corrected chi connectivity index (χ1v) is 7.91. The lowest BCUT2D eigenvalue weighted by Gasteiger charge is -2.31. The number of carbonyl (C=O) groups is 3. The van der Waals surface area contributed by atoms with Crippen molar-refractivity contribution in [2.24, 2.45) is 0 Å². The highest BCUT2D eigenvalue weighted by atomic mass is 32.1. The first kappa shape index (κ1) is 16.2. The van der Waals surface area contributed by atoms with E-state index in [9.17, 15) is 14.4 Å². The van der Waals surface area contributed by atoms with E-state index < -0.39 is 11.8 Å². The molecule has 0 spiro atoms. The summed E-state index contributed by atoms with van der Waals surface area (Å²) in [4.78, 5) is 40.5. The van der Waals surface area contributed by atoms with Crippen LogP contribution in [-0.4, -0.2) is 53.5 Å². The van der Waals surface area contributed by atoms with E-state index in [1.54, 1.807) is 23.4 Å². The van der Waals surface area contributed by atoms with Crippen LogP contribution >= 0.6 is 11.3 Å². The van der Waals surface area contributed by atoms with Crippen molar-refractivity contribution in [1.29, 1.82) is 0 Å². The second-order valence-electron chi connectivity index (χ2n) is 4.73. The van der Waals surface area contributed by atoms with Crippen LogP contribution in [0.25, 0.3) is 0 Å². The number of thiazole rings is 1. The van der Waals surface area contributed by atoms with Gasteiger partial charge in [0.25, 0.3) is 0 Å². The van der Waals surface area contributed by atoms with Gasteiger partial charge in [-0.1, -0.05) is 0 Å². The summed E-state index contributed by atoms with van der Waals surface area (Å²) in [6.07, 6.45) is 2.39. The summed E-state index contributed by atoms with van der Waals surface area (Å²) in [6, 6.07) is -0.125. The summed E-state index contributed by atoms with van der Waals surface area (Å²) in [6.45, 7) is 3.09. The van der Waals surface area contributed by atoms with Gasteiger partial charge in [-0.3, -0.25) is 14.9 Å². The van der Waals surface area contributed by atoms with Gasteiger partial charge in [-0.05, 0) is 19.8 Å². The first-order chi connectivity index (χ1) is 10.6. The molecule has 1 aliphatic heterocycles. The summed E-state index contributed by atoms with van der Waals surface area (Å²) in [5.41, 5.74) is 0. The van der Waals surface area contributed by atoms with E-state index in [1.165, 1.54) is 11.3 Å². The van der Waals surface area contributed by atoms with E-state index in [1.807, 2.05) is 0 Å². The number of nitrogens with one attached hydrogen (secondary N) is 2. The van der Waals surface area contributed by atoms with Gasteiger partial charge in [-0.25, -0.2) is 9.78 Å². The summed E-state index contributed by atoms with van der Waals surface area (Å²) in [5, 5.41) is 7.19. The van der Waals surface area contributed by atoms with Crippen molar-refractivity contribution in [3.05, 3.63) is 11.6 Å². The molecule has 0 radical (unpaired) electrons. The van der Waals surface area contributed by atoms with Gasteiger partial charge < -0.3 is 15.0 Å². The van der Waals surface area contributed by atoms with E-state index in [0.717, 1.165) is 0 Å². The zero-order chi connectivity index (χ0) is 15.9. The Bertz CT molecular complexity index is 526. The van der Waals surface area contributed by atoms with Crippen LogP contribution in [0.15, 0.2) is 11.6 Å². The molecule has 22 heavy (non-hydrogen) atoms. The van der Waals surface area contributed by atoms with Gasteiger partial charge in [0.1, 0.15) is 0 Å². The van der Waals surface area contributed by atoms with E-state index in [4.69, 9.17) is 4.74 Å². The van der Waals surface area contributed by atoms with Crippen LogP contribution in [0.4, 0.5) is 9.93 Å². The molecule has 2 rings (SSSR count). The molecule has 3 amide bonds. The maximum Gasteiger partial charge on any atom is 0.409 e. The number of hydrogen-bond donors (Lipinski definition) is 2. The number of aromatic nitrogens is 1. The Labute approximate surface area is 131 Å². The number of carbonyl (C=O) groups excluding carboxylic acids is 3. The van der Waals surface area contributed by atoms with Crippen LogP contribution in [0, 0.1) is 0 Å². The zero-order valence-electron chi connectivity index (χ0n) is 12.2. The molecule has 0 aliphatic carbocycles. The Hall–Kier alpha value is -2.16. The van der Waals surface area contributed by atoms with Crippen molar-refractivity contribution >= 4 is 34.4 Å². The minimum Gasteiger partial charge on any atom is -0.450 e. The number of ether oxygens (including phenoxy) is 1. The van der Waals surface area contributed by atoms with Crippen molar-refractivity contribution in [3.63, 3.8) is 0 Å². The van der Waals surface area contributed by atoms with Gasteiger partial charge in [-0.2, -0.15) is 0 Å². The average molecular weight is 326 g/mol. The lowest BCUT2D eigenvalue weighted by molar-refractivity contribution is -0.136. The van der Waals surface area contributed by atoms with Gasteiger partial charge >= 0.3 is 17.9 Å². The van der Waals surface area contributed by atoms with E-state index in [0.29, 0.717) is 37.7 Å². The number of anilines is 1. The fraction of sp³-hybridized carbons (Fsp3) is 0.538. The zero-order valence-corrected chi connectivity index (χ0v) is 13.0. The molecule has 9 heteroatoms. The van der Waals surface area contributed by atoms with Gasteiger partial charge in [0.15, 0.2) is 5.13 Å². The molecule has 8 nitrogen and oxygen atoms in total. The quantitative estimate of drug-likeness (QED) is 0.801. The normalized spacial score (nSPS) is 15.2. The number of piperidine rings is 1. The Morgan fingerprint density at radius 2 is 2.09 bits per heavy atom. The molecule has 0 atom stereocenters. The van der Waals surface area contributed by atoms with E-state index >= 15 is 0 Å². The largest absolute Gasteiger partial charge is 0.450 e. The third kappa shape index (κ3) is 4.42. The highest BCUT2D eigenvalue weighted by Crippen LogP contribution is 2.12. The van der Waals surface area contributed by atoms with Crippen molar-refractivity contribution in [3.8, 4) is 0 Å². The summed E-state index contributed by atoms with van der Waals surface area (Å²) in [5.74, 6) is -1.42. The van der Waals surface area contributed by atoms with Crippen molar-refractivity contribution in [2.75, 3.05) is 25.0 Å². The van der Waals surface area contributed by atoms with Crippen molar-refractivity contribution in [1.82, 2.24) is 15.2 Å². The first-order valence-electron chi connectivity index (χ1n) is 7.03. The second kappa shape index (κ2) is 7.74. The van der Waals surface area contributed by atoms with Crippen LogP contribution in [0.5, 0.6) is 0 Å². The van der Waals surface area contributed by atoms with Crippen LogP contribution in [0.1, 0.15) is 19.8 Å². The van der Waals surface area contributed by atoms with Gasteiger partial charge in [-0.15, -0.1) is 11.3 Å². The molecular weight excluding hydrogens is 308 g/mol. The van der Waals surface area contributed by atoms with Crippen LogP contribution in [0.2, 0.25) is 0 Å². The third-order valence-corrected chi connectivity index (χ3v) is 3.90. The highest BCUT2D eigenvalue weighted by Gasteiger charge is 2.26. The van der Waals surface area contributed by atoms with Crippen LogP contribution in [0.3, 0.4) is 0 Å². The smallest absolute Gasteiger partial charge is 0.409 e. The molecule has 1 aliphatic rings. The lowest BCUT2D eigenvalue weighted by Crippen LogP contribution is -2.49. The van der Waals surface area contributed by atoms with Crippen LogP contribution < -0.4 is 10.6 Å². The van der Waals surface area contributed by atoms with Gasteiger partial charge in [0.05, 0.1) is 6.61 Å². The summed E-state index contributed by atoms with van der Waals surface area (Å²) < 4.78 is 4.92. The standard InChI is InChI=1S/C13H18N4O4S/c1-2-21-13(20)17-6-3-9(4-7-17)15-10(18)11(19)16-12-14-5-8-22-12/h5,8-9H,2-4,6-7H2,1H3,(H,15,18)(H,14,16,19). The minimum atomic E-state index is -0.734. The maximum atomic E-state index is 11.8. The topological polar surface area (TPSA) is 101 Å². The molecule has 0 unspecified atom stereocenters. The fourth-order valence-electron chi connectivity index (χ4n) is 2.11. The molecule has 2 N–H and O–H groups in total. The molecular formula is C13H18N4O4S. The van der Waals surface area contributed by atoms with Crippen LogP contribution in [-0.2, 0) is 14.3 Å². The van der Waals surface area contributed by atoms with E-state index in [2.05, 4.69) is 15.6 Å². The molecule has 2 heterocycles. The number of rotatable bonds is 3. The Balaban J connectivity index is 1.74. The molecule has 0 saturated carbocycles. The Morgan fingerprint density at radius 1 is 1.36 bits per heavy atom. The van der Waals surface area contributed by atoms with Gasteiger partial charge in [0, 0.05) is 30.7 Å². The SMILES string of the molecule is CCOC(=O)N1CCC(NC(=O)C(=O)Nc2nccs2)CC1. The molecule has 0 aromatic carbocycles. The highest BCUT2D eigenvalue weighted by molar-refractivity contribution is 7.13. The summed E-state index contributed by atoms with van der Waals surface area (Å²) >= 11 is 1.24. The maximum absolute atomic E-state index is 11.8. The number of likely N-dealkylation sites (tertiary alicyclic amines) is 1. The third-order valence-electron chi connectivity index (χ3n) is 3.22. The second-order valence-corrected chi connectivity index (χ2v) is 5.62. The lowest BCUT2D eigenvalue weighted by atomic mass is 10.1. The summed E-state index contributed by atoms with van der Waals surface area (Å²) in [7, 11) is 0. The monoisotopic (exact) mass is 326 g/mol. The average Bonchev–Trinajstić information content (AvgIpc) is 3.01. The molecule has 1 aromatic rings. The molecule has 0 bridgehead atoms. The Morgan fingerprint density at radius 3 is 2.68 bits per heavy atom. The molecule has 1 saturated heterocycles. The number of amides is 3. The van der Waals surface area contributed by atoms with Crippen molar-refractivity contribution < 1.29 is 19.1 Å². The predicted octanol–water partition coefficient (Wildman–Crippen LogP) is 0.819. The fourth-order valence-corrected chi connectivity index (χ4v) is 2.64. The number of hydrogen-bond acceptors (Lipinski definition) is 6. The number of nitrogens with zero attached hydrogens (tertiary/aromatic N) is 2. The predicted molar refractivity (Wildman–Crippen MR) is 80.5 cm³/mol. The van der Waals surface area contributed by atoms with E-state index in [-0.39, 0.29) is 12.1 Å². The molecule has 1 aromatic heterocycles. The van der Waals surface area contributed by atoms with Crippen molar-refractivity contribution in [2.45, 2.75) is 25.8 Å². The van der Waals surface area contributed by atoms with Gasteiger partial charge in [0.2, 0.25) is 0 Å². The molecule has 1 fully saturated rings.